The molecule has 1 aromatic carbocycles. The maximum Gasteiger partial charge on any atom is 0.410 e. The molecular weight excluding hydrogens is 444 g/mol. The highest BCUT2D eigenvalue weighted by Crippen LogP contribution is 2.40. The first kappa shape index (κ1) is 25.3. The summed E-state index contributed by atoms with van der Waals surface area (Å²) in [5, 5.41) is 0.859. The molecule has 4 rings (SSSR count). The molecule has 2 aromatic rings. The van der Waals surface area contributed by atoms with Crippen LogP contribution in [0.3, 0.4) is 0 Å². The van der Waals surface area contributed by atoms with E-state index in [0.29, 0.717) is 24.8 Å². The number of nitrogens with zero attached hydrogens (tertiary/aromatic N) is 1. The van der Waals surface area contributed by atoms with Gasteiger partial charge in [0.15, 0.2) is 5.78 Å². The molecule has 0 unspecified atom stereocenters. The number of hydrogen-bond acceptors (Lipinski definition) is 5. The summed E-state index contributed by atoms with van der Waals surface area (Å²) >= 11 is 0. The summed E-state index contributed by atoms with van der Waals surface area (Å²) in [5.41, 5.74) is 1.48. The molecule has 1 N–H and O–H groups in total. The molecule has 2 heterocycles. The lowest BCUT2D eigenvalue weighted by molar-refractivity contribution is -0.124. The molecule has 0 bridgehead atoms. The van der Waals surface area contributed by atoms with Crippen molar-refractivity contribution in [2.75, 3.05) is 13.2 Å². The maximum atomic E-state index is 13.8. The van der Waals surface area contributed by atoms with E-state index in [0.717, 1.165) is 35.7 Å². The van der Waals surface area contributed by atoms with Crippen LogP contribution in [0.5, 0.6) is 0 Å². The topological polar surface area (TPSA) is 88.7 Å². The van der Waals surface area contributed by atoms with Crippen LogP contribution in [0.2, 0.25) is 0 Å². The van der Waals surface area contributed by atoms with Gasteiger partial charge in [-0.05, 0) is 69.7 Å². The lowest BCUT2D eigenvalue weighted by Gasteiger charge is -2.34. The number of fused-ring (bicyclic) bond motifs is 1. The Balaban J connectivity index is 1.55. The minimum atomic E-state index is -0.608. The number of H-pyrrole nitrogens is 1. The van der Waals surface area contributed by atoms with E-state index in [9.17, 15) is 14.4 Å². The maximum absolute atomic E-state index is 13.8. The Morgan fingerprint density at radius 1 is 1.06 bits per heavy atom. The Kier molecular flexibility index (Phi) is 7.53. The fourth-order valence-corrected chi connectivity index (χ4v) is 5.73. The number of aromatic nitrogens is 1. The van der Waals surface area contributed by atoms with Crippen molar-refractivity contribution in [3.05, 3.63) is 35.5 Å². The smallest absolute Gasteiger partial charge is 0.410 e. The molecule has 35 heavy (non-hydrogen) atoms. The number of carbonyl (C=O) groups excluding carboxylic acids is 3. The Morgan fingerprint density at radius 3 is 2.49 bits per heavy atom. The normalized spacial score (nSPS) is 21.3. The van der Waals surface area contributed by atoms with Crippen molar-refractivity contribution in [3.63, 3.8) is 0 Å². The van der Waals surface area contributed by atoms with Crippen LogP contribution in [0.4, 0.5) is 4.79 Å². The van der Waals surface area contributed by atoms with Crippen molar-refractivity contribution in [2.45, 2.75) is 84.3 Å². The van der Waals surface area contributed by atoms with Gasteiger partial charge in [0.1, 0.15) is 11.3 Å². The van der Waals surface area contributed by atoms with E-state index in [4.69, 9.17) is 9.47 Å². The standard InChI is InChI=1S/C28H38N2O5/c1-5-34-26(32)23-17-20-15-18(11-12-22(20)29-23)16-24(31)25-21(19-9-7-6-8-10-19)13-14-30(25)27(33)35-28(2,3)4/h11-12,15,17,19,21,25,29H,5-10,13-14,16H2,1-4H3/t21-,25-/m0/s1. The van der Waals surface area contributed by atoms with E-state index in [2.05, 4.69) is 4.98 Å². The second-order valence-corrected chi connectivity index (χ2v) is 10.9. The van der Waals surface area contributed by atoms with Gasteiger partial charge in [0.05, 0.1) is 12.6 Å². The number of carbonyl (C=O) groups is 3. The van der Waals surface area contributed by atoms with Gasteiger partial charge in [-0.1, -0.05) is 38.2 Å². The van der Waals surface area contributed by atoms with E-state index in [1.54, 1.807) is 17.9 Å². The molecule has 2 atom stereocenters. The second-order valence-electron chi connectivity index (χ2n) is 10.9. The summed E-state index contributed by atoms with van der Waals surface area (Å²) < 4.78 is 10.8. The summed E-state index contributed by atoms with van der Waals surface area (Å²) in [6, 6.07) is 7.04. The number of hydrogen-bond donors (Lipinski definition) is 1. The third-order valence-corrected chi connectivity index (χ3v) is 7.22. The molecule has 1 saturated carbocycles. The average molecular weight is 483 g/mol. The monoisotopic (exact) mass is 482 g/mol. The average Bonchev–Trinajstić information content (AvgIpc) is 3.43. The zero-order valence-corrected chi connectivity index (χ0v) is 21.4. The van der Waals surface area contributed by atoms with Gasteiger partial charge in [-0.25, -0.2) is 9.59 Å². The van der Waals surface area contributed by atoms with Crippen molar-refractivity contribution < 1.29 is 23.9 Å². The zero-order valence-electron chi connectivity index (χ0n) is 21.4. The van der Waals surface area contributed by atoms with Gasteiger partial charge in [-0.2, -0.15) is 0 Å². The van der Waals surface area contributed by atoms with E-state index in [-0.39, 0.29) is 18.1 Å². The van der Waals surface area contributed by atoms with Crippen LogP contribution in [0.25, 0.3) is 10.9 Å². The quantitative estimate of drug-likeness (QED) is 0.537. The van der Waals surface area contributed by atoms with Crippen molar-refractivity contribution >= 4 is 28.7 Å². The summed E-state index contributed by atoms with van der Waals surface area (Å²) in [4.78, 5) is 43.6. The zero-order chi connectivity index (χ0) is 25.2. The Bertz CT molecular complexity index is 1080. The number of aromatic amines is 1. The molecule has 2 aliphatic rings. The van der Waals surface area contributed by atoms with E-state index in [1.165, 1.54) is 19.3 Å². The van der Waals surface area contributed by atoms with Crippen LogP contribution < -0.4 is 0 Å². The second kappa shape index (κ2) is 10.4. The number of ketones is 1. The molecule has 190 valence electrons. The number of likely N-dealkylation sites (tertiary alicyclic amines) is 1. The van der Waals surface area contributed by atoms with Gasteiger partial charge in [0.2, 0.25) is 0 Å². The van der Waals surface area contributed by atoms with Gasteiger partial charge in [-0.15, -0.1) is 0 Å². The predicted octanol–water partition coefficient (Wildman–Crippen LogP) is 5.66. The first-order chi connectivity index (χ1) is 16.7. The number of rotatable bonds is 6. The van der Waals surface area contributed by atoms with Crippen LogP contribution >= 0.6 is 0 Å². The number of esters is 1. The van der Waals surface area contributed by atoms with Gasteiger partial charge in [0, 0.05) is 23.9 Å². The molecule has 1 amide bonds. The lowest BCUT2D eigenvalue weighted by Crippen LogP contribution is -2.47. The largest absolute Gasteiger partial charge is 0.461 e. The first-order valence-corrected chi connectivity index (χ1v) is 13.0. The fourth-order valence-electron chi connectivity index (χ4n) is 5.73. The van der Waals surface area contributed by atoms with Crippen molar-refractivity contribution in [1.29, 1.82) is 0 Å². The fraction of sp³-hybridized carbons (Fsp3) is 0.607. The number of Topliss-reactive ketones (excluding diaryl/α,β-unsaturated/α-hetero) is 1. The number of nitrogens with one attached hydrogen (secondary N) is 1. The van der Waals surface area contributed by atoms with Crippen LogP contribution in [0, 0.1) is 11.8 Å². The Labute approximate surface area is 207 Å². The minimum absolute atomic E-state index is 0.0597. The molecule has 1 aliphatic heterocycles. The molecule has 1 aliphatic carbocycles. The van der Waals surface area contributed by atoms with E-state index < -0.39 is 23.7 Å². The van der Waals surface area contributed by atoms with E-state index >= 15 is 0 Å². The molecule has 1 saturated heterocycles. The van der Waals surface area contributed by atoms with Crippen molar-refractivity contribution in [1.82, 2.24) is 9.88 Å². The molecule has 7 nitrogen and oxygen atoms in total. The number of ether oxygens (including phenoxy) is 2. The number of amides is 1. The Morgan fingerprint density at radius 2 is 1.80 bits per heavy atom. The molecule has 7 heteroatoms. The van der Waals surface area contributed by atoms with E-state index in [1.807, 2.05) is 39.0 Å². The van der Waals surface area contributed by atoms with Crippen LogP contribution in [-0.2, 0) is 20.7 Å². The molecule has 1 aromatic heterocycles. The third kappa shape index (κ3) is 5.88. The predicted molar refractivity (Wildman–Crippen MR) is 134 cm³/mol. The lowest BCUT2D eigenvalue weighted by atomic mass is 9.75. The molecule has 0 spiro atoms. The van der Waals surface area contributed by atoms with Crippen LogP contribution in [0.1, 0.15) is 82.3 Å². The molecule has 0 radical (unpaired) electrons. The van der Waals surface area contributed by atoms with Crippen LogP contribution in [-0.4, -0.2) is 52.5 Å². The van der Waals surface area contributed by atoms with Gasteiger partial charge in [-0.3, -0.25) is 9.69 Å². The van der Waals surface area contributed by atoms with Gasteiger partial charge in [0.25, 0.3) is 0 Å². The minimum Gasteiger partial charge on any atom is -0.461 e. The number of benzene rings is 1. The van der Waals surface area contributed by atoms with Crippen LogP contribution in [0.15, 0.2) is 24.3 Å². The Hall–Kier alpha value is -2.83. The first-order valence-electron chi connectivity index (χ1n) is 13.0. The molecule has 2 fully saturated rings. The highest BCUT2D eigenvalue weighted by molar-refractivity contribution is 5.96. The molecular formula is C28H38N2O5. The SMILES string of the molecule is CCOC(=O)c1cc2cc(CC(=O)[C@@H]3[C@H](C4CCCCC4)CCN3C(=O)OC(C)(C)C)ccc2[nH]1. The highest BCUT2D eigenvalue weighted by Gasteiger charge is 2.46. The van der Waals surface area contributed by atoms with Crippen molar-refractivity contribution in [3.8, 4) is 0 Å². The summed E-state index contributed by atoms with van der Waals surface area (Å²) in [6.07, 6.45) is 6.59. The third-order valence-electron chi connectivity index (χ3n) is 7.22. The van der Waals surface area contributed by atoms with Crippen molar-refractivity contribution in [2.24, 2.45) is 11.8 Å². The summed E-state index contributed by atoms with van der Waals surface area (Å²) in [6.45, 7) is 8.21. The summed E-state index contributed by atoms with van der Waals surface area (Å²) in [5.74, 6) is 0.325. The highest BCUT2D eigenvalue weighted by atomic mass is 16.6. The van der Waals surface area contributed by atoms with Gasteiger partial charge < -0.3 is 14.5 Å². The summed E-state index contributed by atoms with van der Waals surface area (Å²) in [7, 11) is 0. The van der Waals surface area contributed by atoms with Gasteiger partial charge >= 0.3 is 12.1 Å².